The van der Waals surface area contributed by atoms with Crippen LogP contribution >= 0.6 is 0 Å². The van der Waals surface area contributed by atoms with Gasteiger partial charge in [-0.15, -0.1) is 0 Å². The summed E-state index contributed by atoms with van der Waals surface area (Å²) in [5, 5.41) is 22.3. The van der Waals surface area contributed by atoms with Crippen molar-refractivity contribution in [2.75, 3.05) is 0 Å². The summed E-state index contributed by atoms with van der Waals surface area (Å²) in [5.74, 6) is 1.66. The van der Waals surface area contributed by atoms with E-state index in [4.69, 9.17) is 0 Å². The van der Waals surface area contributed by atoms with Crippen LogP contribution in [0, 0.1) is 0 Å². The molecule has 0 radical (unpaired) electrons. The van der Waals surface area contributed by atoms with Gasteiger partial charge in [-0.3, -0.25) is 0 Å². The van der Waals surface area contributed by atoms with Gasteiger partial charge < -0.3 is 10.2 Å². The van der Waals surface area contributed by atoms with E-state index in [2.05, 4.69) is 72.8 Å². The van der Waals surface area contributed by atoms with E-state index >= 15 is 0 Å². The second-order valence-electron chi connectivity index (χ2n) is 12.5. The molecule has 0 unspecified atom stereocenters. The van der Waals surface area contributed by atoms with Gasteiger partial charge in [-0.05, 0) is 101 Å². The summed E-state index contributed by atoms with van der Waals surface area (Å²) in [6, 6.07) is 30.7. The molecule has 7 rings (SSSR count). The van der Waals surface area contributed by atoms with Crippen LogP contribution in [-0.2, 0) is 11.8 Å². The zero-order chi connectivity index (χ0) is 27.1. The van der Waals surface area contributed by atoms with Crippen molar-refractivity contribution in [2.45, 2.75) is 87.9 Å². The van der Waals surface area contributed by atoms with Crippen molar-refractivity contribution < 1.29 is 10.2 Å². The first kappa shape index (κ1) is 25.4. The lowest BCUT2D eigenvalue weighted by Gasteiger charge is -2.43. The lowest BCUT2D eigenvalue weighted by molar-refractivity contribution is 0.413. The fourth-order valence-electron chi connectivity index (χ4n) is 8.28. The predicted octanol–water partition coefficient (Wildman–Crippen LogP) is 9.48. The summed E-state index contributed by atoms with van der Waals surface area (Å²) in [6.45, 7) is 0. The van der Waals surface area contributed by atoms with Gasteiger partial charge in [0.25, 0.3) is 0 Å². The smallest absolute Gasteiger partial charge is 0.119 e. The van der Waals surface area contributed by atoms with E-state index in [1.54, 1.807) is 0 Å². The van der Waals surface area contributed by atoms with Crippen molar-refractivity contribution in [3.05, 3.63) is 129 Å². The SMILES string of the molecule is Oc1ccc(C2(c3ccc(O)c(C4CCCCC4)c3)c3ccccc3Cc3ccccc32)cc1C1CCCCC1. The number of phenols is 2. The highest BCUT2D eigenvalue weighted by Gasteiger charge is 2.44. The molecular weight excluding hydrogens is 488 g/mol. The molecule has 0 atom stereocenters. The minimum atomic E-state index is -0.528. The fourth-order valence-corrected chi connectivity index (χ4v) is 8.28. The monoisotopic (exact) mass is 528 g/mol. The highest BCUT2D eigenvalue weighted by molar-refractivity contribution is 5.68. The van der Waals surface area contributed by atoms with Crippen LogP contribution in [0.1, 0.15) is 121 Å². The number of benzene rings is 4. The Hall–Kier alpha value is -3.52. The normalized spacial score (nSPS) is 19.1. The Kier molecular flexibility index (Phi) is 6.66. The summed E-state index contributed by atoms with van der Waals surface area (Å²) in [6.07, 6.45) is 13.0. The van der Waals surface area contributed by atoms with Gasteiger partial charge in [-0.2, -0.15) is 0 Å². The van der Waals surface area contributed by atoms with Crippen LogP contribution in [0.2, 0.25) is 0 Å². The minimum Gasteiger partial charge on any atom is -0.508 e. The largest absolute Gasteiger partial charge is 0.508 e. The second-order valence-corrected chi connectivity index (χ2v) is 12.5. The van der Waals surface area contributed by atoms with E-state index in [-0.39, 0.29) is 0 Å². The molecule has 2 heteroatoms. The molecule has 0 spiro atoms. The van der Waals surface area contributed by atoms with E-state index in [9.17, 15) is 10.2 Å². The first-order chi connectivity index (χ1) is 19.7. The molecule has 0 saturated heterocycles. The van der Waals surface area contributed by atoms with Crippen molar-refractivity contribution in [3.8, 4) is 11.5 Å². The number of rotatable bonds is 4. The molecule has 204 valence electrons. The molecular formula is C38H40O2. The summed E-state index contributed by atoms with van der Waals surface area (Å²) in [4.78, 5) is 0. The average Bonchev–Trinajstić information content (AvgIpc) is 3.01. The van der Waals surface area contributed by atoms with Crippen LogP contribution in [0.3, 0.4) is 0 Å². The van der Waals surface area contributed by atoms with Gasteiger partial charge in [0.2, 0.25) is 0 Å². The second kappa shape index (κ2) is 10.5. The van der Waals surface area contributed by atoms with Crippen molar-refractivity contribution in [2.24, 2.45) is 0 Å². The molecule has 3 aliphatic rings. The highest BCUT2D eigenvalue weighted by Crippen LogP contribution is 2.53. The summed E-state index contributed by atoms with van der Waals surface area (Å²) in [7, 11) is 0. The van der Waals surface area contributed by atoms with Gasteiger partial charge >= 0.3 is 0 Å². The zero-order valence-corrected chi connectivity index (χ0v) is 23.4. The Morgan fingerprint density at radius 2 is 0.925 bits per heavy atom. The molecule has 3 aliphatic carbocycles. The maximum absolute atomic E-state index is 11.1. The van der Waals surface area contributed by atoms with Gasteiger partial charge in [0.1, 0.15) is 11.5 Å². The maximum atomic E-state index is 11.1. The number of hydrogen-bond donors (Lipinski definition) is 2. The summed E-state index contributed by atoms with van der Waals surface area (Å²) >= 11 is 0. The van der Waals surface area contributed by atoms with Crippen LogP contribution in [0.15, 0.2) is 84.9 Å². The number of phenolic OH excluding ortho intramolecular Hbond substituents is 2. The third-order valence-electron chi connectivity index (χ3n) is 10.2. The molecule has 2 saturated carbocycles. The van der Waals surface area contributed by atoms with Gasteiger partial charge in [0.15, 0.2) is 0 Å². The molecule has 0 heterocycles. The van der Waals surface area contributed by atoms with E-state index in [1.807, 2.05) is 12.1 Å². The molecule has 0 amide bonds. The van der Waals surface area contributed by atoms with Crippen LogP contribution in [-0.4, -0.2) is 10.2 Å². The molecule has 4 aromatic carbocycles. The molecule has 0 aromatic heterocycles. The molecule has 2 N–H and O–H groups in total. The number of fused-ring (bicyclic) bond motifs is 2. The number of aromatic hydroxyl groups is 2. The van der Waals surface area contributed by atoms with E-state index < -0.39 is 5.41 Å². The van der Waals surface area contributed by atoms with Crippen molar-refractivity contribution in [1.29, 1.82) is 0 Å². The van der Waals surface area contributed by atoms with E-state index in [0.717, 1.165) is 43.2 Å². The molecule has 0 bridgehead atoms. The molecule has 0 aliphatic heterocycles. The van der Waals surface area contributed by atoms with Gasteiger partial charge in [0.05, 0.1) is 5.41 Å². The van der Waals surface area contributed by atoms with Crippen molar-refractivity contribution in [3.63, 3.8) is 0 Å². The Balaban J connectivity index is 1.52. The topological polar surface area (TPSA) is 40.5 Å². The Labute approximate surface area is 238 Å². The van der Waals surface area contributed by atoms with Crippen LogP contribution in [0.25, 0.3) is 0 Å². The fraction of sp³-hybridized carbons (Fsp3) is 0.368. The quantitative estimate of drug-likeness (QED) is 0.244. The zero-order valence-electron chi connectivity index (χ0n) is 23.4. The van der Waals surface area contributed by atoms with Crippen LogP contribution in [0.4, 0.5) is 0 Å². The van der Waals surface area contributed by atoms with Crippen molar-refractivity contribution in [1.82, 2.24) is 0 Å². The first-order valence-electron chi connectivity index (χ1n) is 15.5. The van der Waals surface area contributed by atoms with Crippen LogP contribution in [0.5, 0.6) is 11.5 Å². The molecule has 2 nitrogen and oxygen atoms in total. The lowest BCUT2D eigenvalue weighted by atomic mass is 9.59. The highest BCUT2D eigenvalue weighted by atomic mass is 16.3. The molecule has 40 heavy (non-hydrogen) atoms. The lowest BCUT2D eigenvalue weighted by Crippen LogP contribution is -2.36. The summed E-state index contributed by atoms with van der Waals surface area (Å²) < 4.78 is 0. The van der Waals surface area contributed by atoms with Crippen LogP contribution < -0.4 is 0 Å². The third kappa shape index (κ3) is 4.15. The minimum absolute atomic E-state index is 0.400. The van der Waals surface area contributed by atoms with Gasteiger partial charge in [0, 0.05) is 0 Å². The van der Waals surface area contributed by atoms with E-state index in [1.165, 1.54) is 71.9 Å². The molecule has 2 fully saturated rings. The van der Waals surface area contributed by atoms with Gasteiger partial charge in [-0.25, -0.2) is 0 Å². The summed E-state index contributed by atoms with van der Waals surface area (Å²) in [5.41, 5.74) is 9.42. The third-order valence-corrected chi connectivity index (χ3v) is 10.2. The Bertz CT molecular complexity index is 1410. The average molecular weight is 529 g/mol. The Morgan fingerprint density at radius 3 is 1.38 bits per heavy atom. The van der Waals surface area contributed by atoms with Crippen molar-refractivity contribution >= 4 is 0 Å². The number of hydrogen-bond acceptors (Lipinski definition) is 2. The maximum Gasteiger partial charge on any atom is 0.119 e. The Morgan fingerprint density at radius 1 is 0.500 bits per heavy atom. The molecule has 4 aromatic rings. The van der Waals surface area contributed by atoms with E-state index in [0.29, 0.717) is 23.3 Å². The van der Waals surface area contributed by atoms with Gasteiger partial charge in [-0.1, -0.05) is 111 Å². The first-order valence-corrected chi connectivity index (χ1v) is 15.5. The predicted molar refractivity (Wildman–Crippen MR) is 163 cm³/mol. The standard InChI is InChI=1S/C38H40O2/c39-36-21-19-30(24-32(36)26-11-3-1-4-12-26)38(31-20-22-37(40)33(25-31)27-13-5-2-6-14-27)34-17-9-7-15-28(34)23-29-16-8-10-18-35(29)38/h7-10,15-22,24-27,39-40H,1-6,11-14,23H2.